The predicted octanol–water partition coefficient (Wildman–Crippen LogP) is 2.98. The van der Waals surface area contributed by atoms with E-state index in [0.29, 0.717) is 33.0 Å². The van der Waals surface area contributed by atoms with Crippen LogP contribution in [0.15, 0.2) is 24.4 Å². The summed E-state index contributed by atoms with van der Waals surface area (Å²) in [7, 11) is 0. The lowest BCUT2D eigenvalue weighted by molar-refractivity contribution is 0.0995. The number of carbonyl (C=O) groups excluding carboxylic acids is 1. The lowest BCUT2D eigenvalue weighted by Crippen LogP contribution is -2.54. The van der Waals surface area contributed by atoms with Crippen molar-refractivity contribution in [3.63, 3.8) is 0 Å². The molecule has 0 aliphatic carbocycles. The van der Waals surface area contributed by atoms with Gasteiger partial charge in [-0.05, 0) is 55.8 Å². The van der Waals surface area contributed by atoms with Gasteiger partial charge < -0.3 is 20.6 Å². The van der Waals surface area contributed by atoms with Crippen molar-refractivity contribution in [2.45, 2.75) is 25.8 Å². The Morgan fingerprint density at radius 3 is 2.77 bits per heavy atom. The molecule has 1 amide bonds. The van der Waals surface area contributed by atoms with Crippen molar-refractivity contribution in [3.8, 4) is 0 Å². The number of halogens is 2. The highest BCUT2D eigenvalue weighted by atomic mass is 35.5. The van der Waals surface area contributed by atoms with Crippen LogP contribution >= 0.6 is 23.2 Å². The maximum absolute atomic E-state index is 12.1. The first-order chi connectivity index (χ1) is 16.9. The Morgan fingerprint density at radius 2 is 2.06 bits per heavy atom. The number of piperidine rings is 1. The number of likely N-dealkylation sites (tertiary alicyclic amines) is 1. The highest BCUT2D eigenvalue weighted by Crippen LogP contribution is 2.35. The van der Waals surface area contributed by atoms with Gasteiger partial charge in [-0.15, -0.1) is 0 Å². The number of hydrogen-bond acceptors (Lipinski definition) is 7. The van der Waals surface area contributed by atoms with Crippen LogP contribution in [0.2, 0.25) is 10.0 Å². The number of hydrogen-bond donors (Lipinski definition) is 2. The number of aliphatic hydroxyl groups is 1. The number of rotatable bonds is 7. The zero-order valence-electron chi connectivity index (χ0n) is 19.6. The summed E-state index contributed by atoms with van der Waals surface area (Å²) in [6, 6.07) is 4.97. The van der Waals surface area contributed by atoms with Gasteiger partial charge in [-0.3, -0.25) is 4.79 Å². The summed E-state index contributed by atoms with van der Waals surface area (Å²) in [5.41, 5.74) is 7.35. The molecule has 0 radical (unpaired) electrons. The number of β-amino-alcohol motifs (C(OH)–C–C–N with tert-alkyl or cyclic N) is 1. The second-order valence-electron chi connectivity index (χ2n) is 9.49. The van der Waals surface area contributed by atoms with Crippen molar-refractivity contribution < 1.29 is 9.90 Å². The van der Waals surface area contributed by atoms with Gasteiger partial charge >= 0.3 is 0 Å². The van der Waals surface area contributed by atoms with E-state index in [9.17, 15) is 9.90 Å². The molecule has 2 aliphatic heterocycles. The first-order valence-electron chi connectivity index (χ1n) is 11.9. The SMILES string of the molecule is C[C@H](c1ccc(Cl)cc1Cl)n1nc(C(N)=O)c2ncc(N3CC(C4CCCN(CCO)C4)C3)nc21. The van der Waals surface area contributed by atoms with Crippen molar-refractivity contribution in [2.75, 3.05) is 44.2 Å². The Kier molecular flexibility index (Phi) is 6.85. The second-order valence-corrected chi connectivity index (χ2v) is 10.3. The largest absolute Gasteiger partial charge is 0.395 e. The summed E-state index contributed by atoms with van der Waals surface area (Å²) in [5.74, 6) is 1.32. The fourth-order valence-corrected chi connectivity index (χ4v) is 5.84. The molecule has 2 fully saturated rings. The van der Waals surface area contributed by atoms with Gasteiger partial charge in [0.05, 0.1) is 18.8 Å². The van der Waals surface area contributed by atoms with Gasteiger partial charge in [0.2, 0.25) is 0 Å². The third-order valence-electron chi connectivity index (χ3n) is 7.26. The van der Waals surface area contributed by atoms with E-state index in [-0.39, 0.29) is 18.3 Å². The molecular weight excluding hydrogens is 489 g/mol. The monoisotopic (exact) mass is 517 g/mol. The van der Waals surface area contributed by atoms with Gasteiger partial charge in [0.25, 0.3) is 5.91 Å². The predicted molar refractivity (Wildman–Crippen MR) is 136 cm³/mol. The number of benzene rings is 1. The van der Waals surface area contributed by atoms with Crippen LogP contribution in [0.3, 0.4) is 0 Å². The Balaban J connectivity index is 1.40. The Bertz CT molecular complexity index is 1240. The topological polar surface area (TPSA) is 113 Å². The van der Waals surface area contributed by atoms with Gasteiger partial charge in [-0.2, -0.15) is 5.10 Å². The molecule has 2 aliphatic rings. The highest BCUT2D eigenvalue weighted by Gasteiger charge is 2.36. The number of nitrogens with zero attached hydrogens (tertiary/aromatic N) is 6. The van der Waals surface area contributed by atoms with Crippen molar-refractivity contribution in [1.29, 1.82) is 0 Å². The lowest BCUT2D eigenvalue weighted by atomic mass is 9.80. The van der Waals surface area contributed by atoms with E-state index in [1.807, 2.05) is 13.0 Å². The summed E-state index contributed by atoms with van der Waals surface area (Å²) < 4.78 is 1.66. The fraction of sp³-hybridized carbons (Fsp3) is 0.500. The number of carbonyl (C=O) groups is 1. The molecule has 35 heavy (non-hydrogen) atoms. The fourth-order valence-electron chi connectivity index (χ4n) is 5.28. The molecule has 1 unspecified atom stereocenters. The first kappa shape index (κ1) is 24.2. The van der Waals surface area contributed by atoms with Gasteiger partial charge in [0.1, 0.15) is 11.3 Å². The van der Waals surface area contributed by atoms with Crippen LogP contribution in [-0.2, 0) is 0 Å². The molecule has 2 atom stereocenters. The normalized spacial score (nSPS) is 20.2. The molecule has 4 heterocycles. The van der Waals surface area contributed by atoms with Crippen molar-refractivity contribution in [1.82, 2.24) is 24.6 Å². The zero-order valence-corrected chi connectivity index (χ0v) is 21.1. The Hall–Kier alpha value is -2.46. The molecular formula is C24H29Cl2N7O2. The van der Waals surface area contributed by atoms with Crippen LogP contribution in [0.4, 0.5) is 5.82 Å². The number of primary amides is 1. The Morgan fingerprint density at radius 1 is 1.26 bits per heavy atom. The molecule has 186 valence electrons. The molecule has 2 aromatic heterocycles. The van der Waals surface area contributed by atoms with Gasteiger partial charge in [-0.1, -0.05) is 29.3 Å². The third-order valence-corrected chi connectivity index (χ3v) is 7.82. The third kappa shape index (κ3) is 4.70. The quantitative estimate of drug-likeness (QED) is 0.495. The minimum atomic E-state index is -0.654. The molecule has 3 aromatic rings. The summed E-state index contributed by atoms with van der Waals surface area (Å²) in [6.45, 7) is 6.81. The van der Waals surface area contributed by atoms with Gasteiger partial charge in [0.15, 0.2) is 11.3 Å². The van der Waals surface area contributed by atoms with Crippen molar-refractivity contribution in [3.05, 3.63) is 45.7 Å². The van der Waals surface area contributed by atoms with Crippen LogP contribution in [0.25, 0.3) is 11.2 Å². The molecule has 2 saturated heterocycles. The molecule has 0 bridgehead atoms. The van der Waals surface area contributed by atoms with Crippen LogP contribution in [0, 0.1) is 11.8 Å². The summed E-state index contributed by atoms with van der Waals surface area (Å²) in [4.78, 5) is 26.0. The van der Waals surface area contributed by atoms with Crippen molar-refractivity contribution >= 4 is 46.1 Å². The van der Waals surface area contributed by atoms with E-state index in [4.69, 9.17) is 33.9 Å². The molecule has 0 spiro atoms. The molecule has 11 heteroatoms. The smallest absolute Gasteiger partial charge is 0.271 e. The zero-order chi connectivity index (χ0) is 24.7. The minimum absolute atomic E-state index is 0.0867. The molecule has 3 N–H and O–H groups in total. The lowest BCUT2D eigenvalue weighted by Gasteiger charge is -2.47. The van der Waals surface area contributed by atoms with Crippen LogP contribution in [0.5, 0.6) is 0 Å². The van der Waals surface area contributed by atoms with E-state index >= 15 is 0 Å². The highest BCUT2D eigenvalue weighted by molar-refractivity contribution is 6.35. The van der Waals surface area contributed by atoms with Gasteiger partial charge in [0, 0.05) is 36.2 Å². The van der Waals surface area contributed by atoms with E-state index in [1.54, 1.807) is 23.0 Å². The number of anilines is 1. The van der Waals surface area contributed by atoms with Crippen molar-refractivity contribution in [2.24, 2.45) is 17.6 Å². The van der Waals surface area contributed by atoms with E-state index in [0.717, 1.165) is 44.1 Å². The average molecular weight is 518 g/mol. The second kappa shape index (κ2) is 9.89. The number of aromatic nitrogens is 4. The minimum Gasteiger partial charge on any atom is -0.395 e. The van der Waals surface area contributed by atoms with Gasteiger partial charge in [-0.25, -0.2) is 14.6 Å². The first-order valence-corrected chi connectivity index (χ1v) is 12.7. The average Bonchev–Trinajstić information content (AvgIpc) is 3.18. The number of amides is 1. The van der Waals surface area contributed by atoms with Crippen LogP contribution in [-0.4, -0.2) is 75.0 Å². The number of nitrogens with two attached hydrogens (primary N) is 1. The van der Waals surface area contributed by atoms with Crippen LogP contribution < -0.4 is 10.6 Å². The molecule has 0 saturated carbocycles. The summed E-state index contributed by atoms with van der Waals surface area (Å²) >= 11 is 12.5. The molecule has 9 nitrogen and oxygen atoms in total. The van der Waals surface area contributed by atoms with Crippen LogP contribution in [0.1, 0.15) is 41.9 Å². The molecule has 5 rings (SSSR count). The molecule has 1 aromatic carbocycles. The standard InChI is InChI=1S/C24H29Cl2N7O2/c1-14(18-5-4-17(25)9-19(18)26)33-24-22(21(30-33)23(27)35)28-10-20(29-24)32-12-16(13-32)15-3-2-6-31(11-15)7-8-34/h4-5,9-10,14-16,34H,2-3,6-8,11-13H2,1H3,(H2,27,35)/t14-,15?/m1/s1. The Labute approximate surface area is 213 Å². The van der Waals surface area contributed by atoms with E-state index in [1.165, 1.54) is 12.8 Å². The summed E-state index contributed by atoms with van der Waals surface area (Å²) in [5, 5.41) is 14.8. The maximum Gasteiger partial charge on any atom is 0.271 e. The summed E-state index contributed by atoms with van der Waals surface area (Å²) in [6.07, 6.45) is 4.09. The van der Waals surface area contributed by atoms with E-state index < -0.39 is 5.91 Å². The number of fused-ring (bicyclic) bond motifs is 1. The van der Waals surface area contributed by atoms with E-state index in [2.05, 4.69) is 19.9 Å². The maximum atomic E-state index is 12.1. The number of aliphatic hydroxyl groups excluding tert-OH is 1.